The van der Waals surface area contributed by atoms with Crippen LogP contribution in [-0.2, 0) is 0 Å². The van der Waals surface area contributed by atoms with Crippen molar-refractivity contribution >= 4 is 23.2 Å². The van der Waals surface area contributed by atoms with Gasteiger partial charge in [0.2, 0.25) is 0 Å². The Labute approximate surface area is 111 Å². The van der Waals surface area contributed by atoms with Crippen molar-refractivity contribution in [3.05, 3.63) is 69.2 Å². The summed E-state index contributed by atoms with van der Waals surface area (Å²) < 4.78 is 0. The molecule has 0 aliphatic heterocycles. The van der Waals surface area contributed by atoms with Crippen LogP contribution >= 0.6 is 23.2 Å². The van der Waals surface area contributed by atoms with Crippen LogP contribution in [0.4, 0.5) is 0 Å². The quantitative estimate of drug-likeness (QED) is 0.859. The lowest BCUT2D eigenvalue weighted by molar-refractivity contribution is 0.871. The molecule has 1 nitrogen and oxygen atoms in total. The second-order valence-electron chi connectivity index (χ2n) is 4.04. The average Bonchev–Trinajstić information content (AvgIpc) is 2.32. The topological polar surface area (TPSA) is 26.0 Å². The summed E-state index contributed by atoms with van der Waals surface area (Å²) in [7, 11) is 0. The van der Waals surface area contributed by atoms with Crippen molar-refractivity contribution in [2.75, 3.05) is 0 Å². The van der Waals surface area contributed by atoms with E-state index in [1.165, 1.54) is 0 Å². The van der Waals surface area contributed by atoms with Crippen LogP contribution < -0.4 is 5.73 Å². The highest BCUT2D eigenvalue weighted by Gasteiger charge is 2.10. The molecule has 2 rings (SSSR count). The molecule has 17 heavy (non-hydrogen) atoms. The van der Waals surface area contributed by atoms with Gasteiger partial charge in [0.1, 0.15) is 0 Å². The number of benzene rings is 2. The summed E-state index contributed by atoms with van der Waals surface area (Å²) in [6.45, 7) is 1.97. The van der Waals surface area contributed by atoms with E-state index in [4.69, 9.17) is 28.9 Å². The van der Waals surface area contributed by atoms with Crippen LogP contribution in [0.25, 0.3) is 0 Å². The normalized spacial score (nSPS) is 12.5. The summed E-state index contributed by atoms with van der Waals surface area (Å²) in [6.07, 6.45) is 0. The lowest BCUT2D eigenvalue weighted by Crippen LogP contribution is -2.11. The Hall–Kier alpha value is -1.02. The number of nitrogens with two attached hydrogens (primary N) is 1. The van der Waals surface area contributed by atoms with E-state index in [0.717, 1.165) is 21.7 Å². The molecule has 1 unspecified atom stereocenters. The van der Waals surface area contributed by atoms with Crippen molar-refractivity contribution in [1.82, 2.24) is 0 Å². The van der Waals surface area contributed by atoms with Gasteiger partial charge >= 0.3 is 0 Å². The third kappa shape index (κ3) is 2.81. The van der Waals surface area contributed by atoms with Crippen LogP contribution in [0, 0.1) is 6.92 Å². The Balaban J connectivity index is 2.36. The molecule has 0 saturated heterocycles. The molecule has 0 heterocycles. The van der Waals surface area contributed by atoms with Gasteiger partial charge in [0.05, 0.1) is 6.04 Å². The molecular weight excluding hydrogens is 253 g/mol. The molecule has 88 valence electrons. The Kier molecular flexibility index (Phi) is 3.72. The summed E-state index contributed by atoms with van der Waals surface area (Å²) in [5.74, 6) is 0. The molecule has 2 aromatic rings. The van der Waals surface area contributed by atoms with E-state index in [1.807, 2.05) is 49.4 Å². The molecule has 0 aliphatic rings. The summed E-state index contributed by atoms with van der Waals surface area (Å²) in [6, 6.07) is 13.2. The smallest absolute Gasteiger partial charge is 0.0552 e. The monoisotopic (exact) mass is 265 g/mol. The summed E-state index contributed by atoms with van der Waals surface area (Å²) >= 11 is 12.0. The van der Waals surface area contributed by atoms with E-state index in [-0.39, 0.29) is 6.04 Å². The zero-order chi connectivity index (χ0) is 12.4. The van der Waals surface area contributed by atoms with E-state index in [2.05, 4.69) is 0 Å². The van der Waals surface area contributed by atoms with Crippen LogP contribution in [0.15, 0.2) is 42.5 Å². The van der Waals surface area contributed by atoms with Gasteiger partial charge in [0.25, 0.3) is 0 Å². The number of aryl methyl sites for hydroxylation is 1. The first-order valence-corrected chi connectivity index (χ1v) is 6.10. The van der Waals surface area contributed by atoms with Crippen molar-refractivity contribution in [1.29, 1.82) is 0 Å². The molecule has 0 fully saturated rings. The number of halogens is 2. The highest BCUT2D eigenvalue weighted by molar-refractivity contribution is 6.31. The largest absolute Gasteiger partial charge is 0.320 e. The van der Waals surface area contributed by atoms with Gasteiger partial charge in [-0.2, -0.15) is 0 Å². The summed E-state index contributed by atoms with van der Waals surface area (Å²) in [5, 5.41) is 1.43. The molecule has 0 amide bonds. The van der Waals surface area contributed by atoms with E-state index >= 15 is 0 Å². The molecule has 2 N–H and O–H groups in total. The minimum atomic E-state index is -0.202. The number of rotatable bonds is 2. The van der Waals surface area contributed by atoms with Crippen molar-refractivity contribution in [3.8, 4) is 0 Å². The van der Waals surface area contributed by atoms with Gasteiger partial charge in [0.15, 0.2) is 0 Å². The molecule has 1 atom stereocenters. The van der Waals surface area contributed by atoms with E-state index in [0.29, 0.717) is 5.02 Å². The fraction of sp³-hybridized carbons (Fsp3) is 0.143. The van der Waals surface area contributed by atoms with Gasteiger partial charge in [-0.15, -0.1) is 0 Å². The van der Waals surface area contributed by atoms with Crippen LogP contribution in [0.5, 0.6) is 0 Å². The Bertz CT molecular complexity index is 537. The standard InChI is InChI=1S/C14H13Cl2N/c1-9-5-6-11(8-13(9)16)14(17)10-3-2-4-12(15)7-10/h2-8,14H,17H2,1H3. The third-order valence-corrected chi connectivity index (χ3v) is 3.41. The molecular formula is C14H13Cl2N. The highest BCUT2D eigenvalue weighted by Crippen LogP contribution is 2.25. The molecule has 0 bridgehead atoms. The molecule has 2 aromatic carbocycles. The lowest BCUT2D eigenvalue weighted by atomic mass is 9.99. The van der Waals surface area contributed by atoms with Crippen molar-refractivity contribution in [3.63, 3.8) is 0 Å². The Morgan fingerprint density at radius 2 is 1.71 bits per heavy atom. The predicted molar refractivity (Wildman–Crippen MR) is 73.7 cm³/mol. The molecule has 0 saturated carbocycles. The maximum absolute atomic E-state index is 6.19. The minimum absolute atomic E-state index is 0.202. The van der Waals surface area contributed by atoms with Crippen molar-refractivity contribution in [2.45, 2.75) is 13.0 Å². The molecule has 0 aromatic heterocycles. The van der Waals surface area contributed by atoms with Gasteiger partial charge in [-0.3, -0.25) is 0 Å². The van der Waals surface area contributed by atoms with Crippen molar-refractivity contribution in [2.24, 2.45) is 5.73 Å². The molecule has 0 aliphatic carbocycles. The maximum Gasteiger partial charge on any atom is 0.0552 e. The van der Waals surface area contributed by atoms with Gasteiger partial charge < -0.3 is 5.73 Å². The second-order valence-corrected chi connectivity index (χ2v) is 4.88. The molecule has 3 heteroatoms. The molecule has 0 radical (unpaired) electrons. The zero-order valence-corrected chi connectivity index (χ0v) is 11.0. The third-order valence-electron chi connectivity index (χ3n) is 2.76. The van der Waals surface area contributed by atoms with Crippen LogP contribution in [-0.4, -0.2) is 0 Å². The number of hydrogen-bond donors (Lipinski definition) is 1. The van der Waals surface area contributed by atoms with Gasteiger partial charge in [-0.25, -0.2) is 0 Å². The highest BCUT2D eigenvalue weighted by atomic mass is 35.5. The first-order chi connectivity index (χ1) is 8.08. The lowest BCUT2D eigenvalue weighted by Gasteiger charge is -2.14. The SMILES string of the molecule is Cc1ccc(C(N)c2cccc(Cl)c2)cc1Cl. The van der Waals surface area contributed by atoms with Gasteiger partial charge in [0, 0.05) is 10.0 Å². The second kappa shape index (κ2) is 5.09. The van der Waals surface area contributed by atoms with Crippen molar-refractivity contribution < 1.29 is 0 Å². The summed E-state index contributed by atoms with van der Waals surface area (Å²) in [5.41, 5.74) is 9.21. The van der Waals surface area contributed by atoms with E-state index in [1.54, 1.807) is 0 Å². The van der Waals surface area contributed by atoms with Crippen LogP contribution in [0.2, 0.25) is 10.0 Å². The Morgan fingerprint density at radius 1 is 1.00 bits per heavy atom. The van der Waals surface area contributed by atoms with Crippen LogP contribution in [0.1, 0.15) is 22.7 Å². The van der Waals surface area contributed by atoms with Gasteiger partial charge in [-0.1, -0.05) is 47.5 Å². The van der Waals surface area contributed by atoms with E-state index in [9.17, 15) is 0 Å². The average molecular weight is 266 g/mol. The maximum atomic E-state index is 6.19. The first kappa shape index (κ1) is 12.4. The molecule has 0 spiro atoms. The zero-order valence-electron chi connectivity index (χ0n) is 9.45. The van der Waals surface area contributed by atoms with Gasteiger partial charge in [-0.05, 0) is 41.8 Å². The number of hydrogen-bond acceptors (Lipinski definition) is 1. The van der Waals surface area contributed by atoms with E-state index < -0.39 is 0 Å². The summed E-state index contributed by atoms with van der Waals surface area (Å²) in [4.78, 5) is 0. The fourth-order valence-corrected chi connectivity index (χ4v) is 2.08. The minimum Gasteiger partial charge on any atom is -0.320 e. The fourth-order valence-electron chi connectivity index (χ4n) is 1.70. The van der Waals surface area contributed by atoms with Crippen LogP contribution in [0.3, 0.4) is 0 Å². The first-order valence-electron chi connectivity index (χ1n) is 5.35. The predicted octanol–water partition coefficient (Wildman–Crippen LogP) is 4.35. The Morgan fingerprint density at radius 3 is 2.35 bits per heavy atom.